The Labute approximate surface area is 229 Å². The van der Waals surface area contributed by atoms with Crippen molar-refractivity contribution in [3.8, 4) is 33.1 Å². The van der Waals surface area contributed by atoms with Crippen LogP contribution in [0, 0.1) is 6.92 Å². The van der Waals surface area contributed by atoms with Gasteiger partial charge in [-0.3, -0.25) is 10.1 Å². The van der Waals surface area contributed by atoms with Crippen LogP contribution in [0.25, 0.3) is 55.2 Å². The van der Waals surface area contributed by atoms with Crippen LogP contribution in [0.2, 0.25) is 0 Å². The van der Waals surface area contributed by atoms with E-state index in [4.69, 9.17) is 4.98 Å². The maximum Gasteiger partial charge on any atom is 0.178 e. The number of pyridine rings is 2. The Hall–Kier alpha value is -4.66. The average molecular weight is 528 g/mol. The van der Waals surface area contributed by atoms with Gasteiger partial charge < -0.3 is 10.3 Å². The Bertz CT molecular complexity index is 1920. The number of aromatic amines is 2. The molecule has 7 rings (SSSR count). The molecule has 2 aromatic carbocycles. The fraction of sp³-hybridized carbons (Fsp3) is 0.0968. The first-order valence-electron chi connectivity index (χ1n) is 12.8. The van der Waals surface area contributed by atoms with E-state index in [-0.39, 0.29) is 0 Å². The molecule has 0 fully saturated rings. The summed E-state index contributed by atoms with van der Waals surface area (Å²) in [5, 5.41) is 12.3. The highest BCUT2D eigenvalue weighted by atomic mass is 32.1. The third-order valence-corrected chi connectivity index (χ3v) is 7.85. The normalized spacial score (nSPS) is 11.5. The molecule has 0 spiro atoms. The van der Waals surface area contributed by atoms with Crippen molar-refractivity contribution in [3.63, 3.8) is 0 Å². The molecule has 8 heteroatoms. The number of benzene rings is 2. The van der Waals surface area contributed by atoms with Crippen molar-refractivity contribution in [2.45, 2.75) is 20.0 Å². The number of aryl methyl sites for hydroxylation is 1. The summed E-state index contributed by atoms with van der Waals surface area (Å²) in [4.78, 5) is 19.8. The number of nitrogens with one attached hydrogen (secondary N) is 3. The molecule has 0 aliphatic carbocycles. The number of thiophene rings is 1. The molecule has 0 radical (unpaired) electrons. The van der Waals surface area contributed by atoms with Gasteiger partial charge in [0, 0.05) is 57.9 Å². The average Bonchev–Trinajstić information content (AvgIpc) is 3.71. The number of H-pyrrole nitrogens is 2. The second-order valence-electron chi connectivity index (χ2n) is 9.56. The summed E-state index contributed by atoms with van der Waals surface area (Å²) in [6.07, 6.45) is 5.63. The van der Waals surface area contributed by atoms with E-state index in [2.05, 4.69) is 98.1 Å². The second kappa shape index (κ2) is 9.90. The molecular weight excluding hydrogens is 502 g/mol. The monoisotopic (exact) mass is 527 g/mol. The molecule has 0 unspecified atom stereocenters. The molecule has 3 N–H and O–H groups in total. The van der Waals surface area contributed by atoms with Crippen LogP contribution in [0.3, 0.4) is 0 Å². The molecule has 0 saturated heterocycles. The largest absolute Gasteiger partial charge is 0.335 e. The van der Waals surface area contributed by atoms with Crippen LogP contribution in [0.4, 0.5) is 0 Å². The predicted octanol–water partition coefficient (Wildman–Crippen LogP) is 6.89. The number of imidazole rings is 1. The molecule has 5 aromatic heterocycles. The van der Waals surface area contributed by atoms with E-state index >= 15 is 0 Å². The number of rotatable bonds is 7. The molecule has 0 atom stereocenters. The lowest BCUT2D eigenvalue weighted by Gasteiger charge is -2.07. The third-order valence-electron chi connectivity index (χ3n) is 6.81. The van der Waals surface area contributed by atoms with E-state index in [0.717, 1.165) is 57.5 Å². The zero-order valence-corrected chi connectivity index (χ0v) is 22.1. The molecule has 0 aliphatic heterocycles. The molecule has 0 aliphatic rings. The Morgan fingerprint density at radius 3 is 2.64 bits per heavy atom. The smallest absolute Gasteiger partial charge is 0.178 e. The van der Waals surface area contributed by atoms with Crippen LogP contribution < -0.4 is 5.32 Å². The summed E-state index contributed by atoms with van der Waals surface area (Å²) in [5.74, 6) is 0.693. The van der Waals surface area contributed by atoms with Gasteiger partial charge in [-0.25, -0.2) is 9.97 Å². The van der Waals surface area contributed by atoms with Crippen molar-refractivity contribution in [3.05, 3.63) is 107 Å². The van der Waals surface area contributed by atoms with Gasteiger partial charge in [0.15, 0.2) is 11.5 Å². The first-order chi connectivity index (χ1) is 19.2. The van der Waals surface area contributed by atoms with Gasteiger partial charge in [0.2, 0.25) is 0 Å². The van der Waals surface area contributed by atoms with Crippen LogP contribution in [0.5, 0.6) is 0 Å². The fourth-order valence-corrected chi connectivity index (χ4v) is 5.77. The highest BCUT2D eigenvalue weighted by Gasteiger charge is 2.17. The molecule has 7 aromatic rings. The number of fused-ring (bicyclic) bond motifs is 2. The highest BCUT2D eigenvalue weighted by molar-refractivity contribution is 7.15. The molecule has 0 amide bonds. The van der Waals surface area contributed by atoms with Crippen molar-refractivity contribution in [2.24, 2.45) is 0 Å². The Balaban J connectivity index is 1.20. The predicted molar refractivity (Wildman–Crippen MR) is 157 cm³/mol. The van der Waals surface area contributed by atoms with Crippen LogP contribution in [-0.4, -0.2) is 30.1 Å². The van der Waals surface area contributed by atoms with Crippen molar-refractivity contribution >= 4 is 33.4 Å². The summed E-state index contributed by atoms with van der Waals surface area (Å²) in [6, 6.07) is 25.2. The van der Waals surface area contributed by atoms with Gasteiger partial charge in [0.25, 0.3) is 0 Å². The minimum Gasteiger partial charge on any atom is -0.335 e. The zero-order valence-electron chi connectivity index (χ0n) is 21.3. The Kier molecular flexibility index (Phi) is 5.96. The van der Waals surface area contributed by atoms with E-state index in [1.54, 1.807) is 11.3 Å². The Morgan fingerprint density at radius 1 is 0.872 bits per heavy atom. The maximum atomic E-state index is 4.81. The SMILES string of the molecule is Cc1ccc(-c2ccnc3nc(-c4n[nH]c5ccc(-c6cncc(CNCc7ccccc7)c6)cc45)[nH]c23)s1. The van der Waals surface area contributed by atoms with Crippen molar-refractivity contribution in [1.82, 2.24) is 35.5 Å². The van der Waals surface area contributed by atoms with E-state index in [1.165, 1.54) is 15.3 Å². The first kappa shape index (κ1) is 23.5. The molecule has 5 heterocycles. The molecule has 39 heavy (non-hydrogen) atoms. The van der Waals surface area contributed by atoms with Gasteiger partial charge in [-0.2, -0.15) is 5.10 Å². The lowest BCUT2D eigenvalue weighted by molar-refractivity contribution is 0.691. The summed E-state index contributed by atoms with van der Waals surface area (Å²) < 4.78 is 0. The standard InChI is InChI=1S/C31H25N7S/c1-19-7-10-27(39-19)24-11-12-34-30-28(24)35-31(36-30)29-25-14-22(8-9-26(25)37-38-29)23-13-21(17-33-18-23)16-32-15-20-5-3-2-4-6-20/h2-14,17-18,32H,15-16H2,1H3,(H,37,38)(H,34,35,36). The van der Waals surface area contributed by atoms with Gasteiger partial charge in [-0.15, -0.1) is 11.3 Å². The lowest BCUT2D eigenvalue weighted by Crippen LogP contribution is -2.12. The number of hydrogen-bond acceptors (Lipinski definition) is 6. The molecule has 7 nitrogen and oxygen atoms in total. The minimum atomic E-state index is 0.681. The highest BCUT2D eigenvalue weighted by Crippen LogP contribution is 2.34. The maximum absolute atomic E-state index is 4.81. The van der Waals surface area contributed by atoms with Gasteiger partial charge in [-0.1, -0.05) is 36.4 Å². The summed E-state index contributed by atoms with van der Waals surface area (Å²) in [7, 11) is 0. The van der Waals surface area contributed by atoms with Crippen molar-refractivity contribution in [1.29, 1.82) is 0 Å². The fourth-order valence-electron chi connectivity index (χ4n) is 4.87. The number of aromatic nitrogens is 6. The first-order valence-corrected chi connectivity index (χ1v) is 13.6. The van der Waals surface area contributed by atoms with Crippen LogP contribution in [-0.2, 0) is 13.1 Å². The van der Waals surface area contributed by atoms with Gasteiger partial charge in [0.05, 0.1) is 11.0 Å². The van der Waals surface area contributed by atoms with Crippen molar-refractivity contribution < 1.29 is 0 Å². The van der Waals surface area contributed by atoms with Crippen molar-refractivity contribution in [2.75, 3.05) is 0 Å². The van der Waals surface area contributed by atoms with E-state index < -0.39 is 0 Å². The molecule has 190 valence electrons. The summed E-state index contributed by atoms with van der Waals surface area (Å²) in [5.41, 5.74) is 8.95. The van der Waals surface area contributed by atoms with Crippen LogP contribution in [0.1, 0.15) is 16.0 Å². The van der Waals surface area contributed by atoms with E-state index in [1.807, 2.05) is 30.7 Å². The zero-order chi connectivity index (χ0) is 26.2. The topological polar surface area (TPSA) is 95.2 Å². The second-order valence-corrected chi connectivity index (χ2v) is 10.8. The number of nitrogens with zero attached hydrogens (tertiary/aromatic N) is 4. The third kappa shape index (κ3) is 4.60. The molecular formula is C31H25N7S. The molecule has 0 saturated carbocycles. The lowest BCUT2D eigenvalue weighted by atomic mass is 10.0. The summed E-state index contributed by atoms with van der Waals surface area (Å²) in [6.45, 7) is 3.67. The van der Waals surface area contributed by atoms with Crippen LogP contribution in [0.15, 0.2) is 91.4 Å². The van der Waals surface area contributed by atoms with E-state index in [9.17, 15) is 0 Å². The molecule has 0 bridgehead atoms. The number of hydrogen-bond donors (Lipinski definition) is 3. The summed E-state index contributed by atoms with van der Waals surface area (Å²) >= 11 is 1.76. The van der Waals surface area contributed by atoms with Gasteiger partial charge in [-0.05, 0) is 60.0 Å². The van der Waals surface area contributed by atoms with E-state index in [0.29, 0.717) is 11.5 Å². The van der Waals surface area contributed by atoms with Crippen LogP contribution >= 0.6 is 11.3 Å². The van der Waals surface area contributed by atoms with Gasteiger partial charge >= 0.3 is 0 Å². The minimum absolute atomic E-state index is 0.681. The van der Waals surface area contributed by atoms with Gasteiger partial charge in [0.1, 0.15) is 5.69 Å². The Morgan fingerprint density at radius 2 is 1.77 bits per heavy atom. The quantitative estimate of drug-likeness (QED) is 0.210.